The van der Waals surface area contributed by atoms with E-state index in [1.807, 2.05) is 0 Å². The van der Waals surface area contributed by atoms with Crippen molar-refractivity contribution in [3.63, 3.8) is 0 Å². The number of carbonyl (C=O) groups is 2. The van der Waals surface area contributed by atoms with Gasteiger partial charge in [-0.3, -0.25) is 10.2 Å². The minimum Gasteiger partial charge on any atom is -0.475 e. The molecule has 4 N–H and O–H groups in total. The van der Waals surface area contributed by atoms with Crippen molar-refractivity contribution in [2.24, 2.45) is 5.84 Å². The molecule has 0 aliphatic rings. The molecule has 0 saturated carbocycles. The lowest BCUT2D eigenvalue weighted by Crippen LogP contribution is -2.40. The number of hydrogen-bond acceptors (Lipinski definition) is 4. The molecule has 6 heteroatoms. The van der Waals surface area contributed by atoms with E-state index in [9.17, 15) is 9.59 Å². The molecule has 0 fully saturated rings. The van der Waals surface area contributed by atoms with Gasteiger partial charge in [0, 0.05) is 0 Å². The van der Waals surface area contributed by atoms with E-state index in [-0.39, 0.29) is 11.4 Å². The summed E-state index contributed by atoms with van der Waals surface area (Å²) in [6.45, 7) is 0. The van der Waals surface area contributed by atoms with E-state index in [2.05, 4.69) is 5.84 Å². The molecule has 0 unspecified atom stereocenters. The zero-order chi connectivity index (χ0) is 7.44. The maximum Gasteiger partial charge on any atom is 0.372 e. The highest BCUT2D eigenvalue weighted by molar-refractivity contribution is 6.34. The first-order chi connectivity index (χ1) is 4.09. The van der Waals surface area contributed by atoms with Gasteiger partial charge in [-0.15, -0.1) is 0 Å². The van der Waals surface area contributed by atoms with Crippen LogP contribution in [0.25, 0.3) is 0 Å². The predicted octanol–water partition coefficient (Wildman–Crippen LogP) is -1.62. The number of amidine groups is 1. The van der Waals surface area contributed by atoms with Crippen molar-refractivity contribution in [1.82, 2.24) is 5.01 Å². The smallest absolute Gasteiger partial charge is 0.372 e. The number of carboxylic acid groups (broad SMARTS) is 1. The first kappa shape index (κ1) is 7.57. The van der Waals surface area contributed by atoms with Crippen LogP contribution in [-0.2, 0) is 9.59 Å². The van der Waals surface area contributed by atoms with Crippen LogP contribution in [0, 0.1) is 5.41 Å². The Morgan fingerprint density at radius 2 is 2.22 bits per heavy atom. The van der Waals surface area contributed by atoms with Crippen LogP contribution in [0.3, 0.4) is 0 Å². The second kappa shape index (κ2) is 2.78. The maximum absolute atomic E-state index is 9.79. The van der Waals surface area contributed by atoms with Gasteiger partial charge in [-0.1, -0.05) is 0 Å². The Morgan fingerprint density at radius 1 is 1.78 bits per heavy atom. The van der Waals surface area contributed by atoms with E-state index in [0.717, 1.165) is 0 Å². The van der Waals surface area contributed by atoms with E-state index in [0.29, 0.717) is 0 Å². The van der Waals surface area contributed by atoms with E-state index in [1.54, 1.807) is 0 Å². The highest BCUT2D eigenvalue weighted by atomic mass is 16.4. The third kappa shape index (κ3) is 1.87. The molecule has 9 heavy (non-hydrogen) atoms. The molecule has 0 aliphatic heterocycles. The van der Waals surface area contributed by atoms with Crippen molar-refractivity contribution < 1.29 is 14.7 Å². The van der Waals surface area contributed by atoms with Gasteiger partial charge in [-0.2, -0.15) is 0 Å². The number of hydrazine groups is 1. The zero-order valence-electron chi connectivity index (χ0n) is 4.37. The third-order valence-corrected chi connectivity index (χ3v) is 0.574. The molecule has 0 bridgehead atoms. The van der Waals surface area contributed by atoms with Crippen molar-refractivity contribution in [1.29, 1.82) is 5.41 Å². The minimum absolute atomic E-state index is 0.0381. The largest absolute Gasteiger partial charge is 0.475 e. The number of hydrogen-bond donors (Lipinski definition) is 3. The summed E-state index contributed by atoms with van der Waals surface area (Å²) in [5.74, 6) is 2.19. The molecular weight excluding hydrogens is 126 g/mol. The second-order valence-corrected chi connectivity index (χ2v) is 1.17. The number of nitrogens with one attached hydrogen (secondary N) is 1. The number of amides is 1. The van der Waals surface area contributed by atoms with E-state index < -0.39 is 11.8 Å². The van der Waals surface area contributed by atoms with Crippen molar-refractivity contribution >= 4 is 18.2 Å². The Morgan fingerprint density at radius 3 is 2.33 bits per heavy atom. The fourth-order valence-electron chi connectivity index (χ4n) is 0.163. The average molecular weight is 131 g/mol. The molecule has 0 saturated heterocycles. The van der Waals surface area contributed by atoms with Crippen molar-refractivity contribution in [2.45, 2.75) is 0 Å². The van der Waals surface area contributed by atoms with Crippen LogP contribution in [0.4, 0.5) is 0 Å². The molecule has 0 aromatic heterocycles. The van der Waals surface area contributed by atoms with Crippen molar-refractivity contribution in [2.75, 3.05) is 0 Å². The summed E-state index contributed by atoms with van der Waals surface area (Å²) in [5.41, 5.74) is 0. The molecule has 0 atom stereocenters. The molecular formula is C3H5N3O3. The molecule has 0 aromatic rings. The monoisotopic (exact) mass is 131 g/mol. The van der Waals surface area contributed by atoms with E-state index in [4.69, 9.17) is 10.5 Å². The highest BCUT2D eigenvalue weighted by Gasteiger charge is 2.10. The molecule has 6 nitrogen and oxygen atoms in total. The van der Waals surface area contributed by atoms with Gasteiger partial charge in [0.1, 0.15) is 0 Å². The van der Waals surface area contributed by atoms with Gasteiger partial charge in [0.25, 0.3) is 0 Å². The molecule has 0 rings (SSSR count). The fraction of sp³-hybridized carbons (Fsp3) is 0. The van der Waals surface area contributed by atoms with Gasteiger partial charge in [-0.25, -0.2) is 15.6 Å². The van der Waals surface area contributed by atoms with Gasteiger partial charge >= 0.3 is 5.97 Å². The molecule has 0 heterocycles. The lowest BCUT2D eigenvalue weighted by atomic mass is 10.6. The first-order valence-electron chi connectivity index (χ1n) is 1.90. The van der Waals surface area contributed by atoms with Crippen LogP contribution in [0.2, 0.25) is 0 Å². The molecule has 0 aromatic carbocycles. The summed E-state index contributed by atoms with van der Waals surface area (Å²) < 4.78 is 0. The number of carbonyl (C=O) groups excluding carboxylic acids is 1. The van der Waals surface area contributed by atoms with Gasteiger partial charge < -0.3 is 5.11 Å². The topological polar surface area (TPSA) is 107 Å². The lowest BCUT2D eigenvalue weighted by Gasteiger charge is -2.04. The number of aliphatic carboxylic acids is 1. The second-order valence-electron chi connectivity index (χ2n) is 1.17. The number of rotatable bonds is 1. The van der Waals surface area contributed by atoms with Gasteiger partial charge in [0.15, 0.2) is 0 Å². The van der Waals surface area contributed by atoms with Crippen molar-refractivity contribution in [3.05, 3.63) is 0 Å². The summed E-state index contributed by atoms with van der Waals surface area (Å²) in [6, 6.07) is 0. The third-order valence-electron chi connectivity index (χ3n) is 0.574. The van der Waals surface area contributed by atoms with Crippen LogP contribution in [0.15, 0.2) is 0 Å². The SMILES string of the molecule is N=C(C(=O)O)N(N)C=O. The summed E-state index contributed by atoms with van der Waals surface area (Å²) in [4.78, 5) is 19.4. The molecule has 0 aliphatic carbocycles. The highest BCUT2D eigenvalue weighted by Crippen LogP contribution is 1.73. The molecule has 1 amide bonds. The summed E-state index contributed by atoms with van der Waals surface area (Å²) in [6.07, 6.45) is 0.0381. The number of carboxylic acids is 1. The normalized spacial score (nSPS) is 8.11. The zero-order valence-corrected chi connectivity index (χ0v) is 4.37. The number of nitrogens with two attached hydrogens (primary N) is 1. The van der Waals surface area contributed by atoms with Crippen LogP contribution in [-0.4, -0.2) is 28.3 Å². The first-order valence-corrected chi connectivity index (χ1v) is 1.90. The Bertz CT molecular complexity index is 154. The Hall–Kier alpha value is -1.43. The standard InChI is InChI=1S/C3H5N3O3/c4-2(3(8)9)6(5)1-7/h1,4H,5H2,(H,8,9). The van der Waals surface area contributed by atoms with Gasteiger partial charge in [-0.05, 0) is 0 Å². The van der Waals surface area contributed by atoms with Crippen LogP contribution >= 0.6 is 0 Å². The van der Waals surface area contributed by atoms with Crippen LogP contribution in [0.5, 0.6) is 0 Å². The molecule has 0 spiro atoms. The summed E-state index contributed by atoms with van der Waals surface area (Å²) >= 11 is 0. The molecule has 50 valence electrons. The maximum atomic E-state index is 9.79. The van der Waals surface area contributed by atoms with Crippen LogP contribution in [0.1, 0.15) is 0 Å². The lowest BCUT2D eigenvalue weighted by molar-refractivity contribution is -0.131. The predicted molar refractivity (Wildman–Crippen MR) is 27.5 cm³/mol. The van der Waals surface area contributed by atoms with E-state index >= 15 is 0 Å². The minimum atomic E-state index is -1.54. The van der Waals surface area contributed by atoms with Crippen LogP contribution < -0.4 is 5.84 Å². The Kier molecular flexibility index (Phi) is 2.33. The molecule has 0 radical (unpaired) electrons. The quantitative estimate of drug-likeness (QED) is 0.0992. The Balaban J connectivity index is 4.03. The fourth-order valence-corrected chi connectivity index (χ4v) is 0.163. The van der Waals surface area contributed by atoms with Gasteiger partial charge in [0.05, 0.1) is 0 Å². The summed E-state index contributed by atoms with van der Waals surface area (Å²) in [5, 5.41) is 14.7. The average Bonchev–Trinajstić information content (AvgIpc) is 1.84. The Labute approximate surface area is 50.3 Å². The number of nitrogens with zero attached hydrogens (tertiary/aromatic N) is 1. The van der Waals surface area contributed by atoms with E-state index in [1.165, 1.54) is 0 Å². The van der Waals surface area contributed by atoms with Crippen molar-refractivity contribution in [3.8, 4) is 0 Å². The van der Waals surface area contributed by atoms with Gasteiger partial charge in [0.2, 0.25) is 12.2 Å². The summed E-state index contributed by atoms with van der Waals surface area (Å²) in [7, 11) is 0.